The summed E-state index contributed by atoms with van der Waals surface area (Å²) in [6, 6.07) is 0. The fourth-order valence-electron chi connectivity index (χ4n) is 2.63. The van der Waals surface area contributed by atoms with E-state index in [-0.39, 0.29) is 18.3 Å². The third-order valence-corrected chi connectivity index (χ3v) is 4.21. The zero-order valence-electron chi connectivity index (χ0n) is 12.1. The standard InChI is InChI=1S/C14H24O5S/c1-13(2,5-3-4-6-20)10-7-14(18,8-11(15)16)9-12(17)19-10/h10,18,20H,3-9H2,1-2H3,(H,15,16). The average molecular weight is 304 g/mol. The van der Waals surface area contributed by atoms with E-state index in [1.165, 1.54) is 0 Å². The van der Waals surface area contributed by atoms with Gasteiger partial charge in [-0.2, -0.15) is 12.6 Å². The Labute approximate surface area is 125 Å². The summed E-state index contributed by atoms with van der Waals surface area (Å²) in [7, 11) is 0. The molecule has 0 aromatic heterocycles. The van der Waals surface area contributed by atoms with Crippen LogP contribution in [-0.2, 0) is 14.3 Å². The van der Waals surface area contributed by atoms with Crippen molar-refractivity contribution >= 4 is 24.6 Å². The molecule has 6 heteroatoms. The van der Waals surface area contributed by atoms with Crippen LogP contribution in [0.5, 0.6) is 0 Å². The van der Waals surface area contributed by atoms with Crippen LogP contribution in [0.3, 0.4) is 0 Å². The lowest BCUT2D eigenvalue weighted by Gasteiger charge is -2.42. The summed E-state index contributed by atoms with van der Waals surface area (Å²) in [5, 5.41) is 19.2. The zero-order valence-corrected chi connectivity index (χ0v) is 13.0. The number of carboxylic acids is 1. The minimum Gasteiger partial charge on any atom is -0.481 e. The van der Waals surface area contributed by atoms with Gasteiger partial charge in [-0.1, -0.05) is 20.3 Å². The Hall–Kier alpha value is -0.750. The molecule has 20 heavy (non-hydrogen) atoms. The maximum absolute atomic E-state index is 11.7. The van der Waals surface area contributed by atoms with Crippen molar-refractivity contribution in [1.82, 2.24) is 0 Å². The highest BCUT2D eigenvalue weighted by molar-refractivity contribution is 7.80. The van der Waals surface area contributed by atoms with Gasteiger partial charge in [-0.15, -0.1) is 0 Å². The number of rotatable bonds is 7. The van der Waals surface area contributed by atoms with Gasteiger partial charge in [0.25, 0.3) is 0 Å². The monoisotopic (exact) mass is 304 g/mol. The van der Waals surface area contributed by atoms with Crippen molar-refractivity contribution in [2.45, 2.75) is 64.1 Å². The van der Waals surface area contributed by atoms with Crippen LogP contribution in [-0.4, -0.2) is 39.6 Å². The number of thiol groups is 1. The molecular formula is C14H24O5S. The number of carbonyl (C=O) groups excluding carboxylic acids is 1. The second kappa shape index (κ2) is 6.80. The van der Waals surface area contributed by atoms with Gasteiger partial charge >= 0.3 is 11.9 Å². The van der Waals surface area contributed by atoms with Gasteiger partial charge in [0.05, 0.1) is 18.4 Å². The Bertz CT molecular complexity index is 365. The van der Waals surface area contributed by atoms with Gasteiger partial charge in [0.1, 0.15) is 6.10 Å². The van der Waals surface area contributed by atoms with E-state index in [0.29, 0.717) is 0 Å². The molecule has 0 aliphatic carbocycles. The molecule has 1 rings (SSSR count). The molecular weight excluding hydrogens is 280 g/mol. The molecule has 1 saturated heterocycles. The highest BCUT2D eigenvalue weighted by Gasteiger charge is 2.46. The van der Waals surface area contributed by atoms with Gasteiger partial charge < -0.3 is 14.9 Å². The maximum Gasteiger partial charge on any atom is 0.309 e. The molecule has 0 aromatic carbocycles. The number of esters is 1. The van der Waals surface area contributed by atoms with Crippen LogP contribution in [0, 0.1) is 5.41 Å². The number of carboxylic acid groups (broad SMARTS) is 1. The predicted octanol–water partition coefficient (Wildman–Crippen LogP) is 2.02. The maximum atomic E-state index is 11.7. The molecule has 5 nitrogen and oxygen atoms in total. The van der Waals surface area contributed by atoms with Gasteiger partial charge in [0.15, 0.2) is 0 Å². The van der Waals surface area contributed by atoms with Crippen molar-refractivity contribution in [3.63, 3.8) is 0 Å². The minimum absolute atomic E-state index is 0.179. The normalized spacial score (nSPS) is 27.2. The van der Waals surface area contributed by atoms with Crippen molar-refractivity contribution in [2.75, 3.05) is 5.75 Å². The largest absolute Gasteiger partial charge is 0.481 e. The second-order valence-corrected chi connectivity index (χ2v) is 6.77. The number of cyclic esters (lactones) is 1. The molecule has 116 valence electrons. The van der Waals surface area contributed by atoms with Gasteiger partial charge in [-0.25, -0.2) is 0 Å². The van der Waals surface area contributed by atoms with Gasteiger partial charge in [-0.3, -0.25) is 9.59 Å². The van der Waals surface area contributed by atoms with E-state index < -0.39 is 30.1 Å². The Kier molecular flexibility index (Phi) is 5.89. The van der Waals surface area contributed by atoms with Crippen LogP contribution < -0.4 is 0 Å². The number of carbonyl (C=O) groups is 2. The summed E-state index contributed by atoms with van der Waals surface area (Å²) >= 11 is 4.17. The predicted molar refractivity (Wildman–Crippen MR) is 77.8 cm³/mol. The minimum atomic E-state index is -1.49. The van der Waals surface area contributed by atoms with E-state index in [4.69, 9.17) is 9.84 Å². The molecule has 0 aromatic rings. The van der Waals surface area contributed by atoms with Crippen LogP contribution in [0.2, 0.25) is 0 Å². The van der Waals surface area contributed by atoms with E-state index in [9.17, 15) is 14.7 Å². The first-order valence-corrected chi connectivity index (χ1v) is 7.56. The Morgan fingerprint density at radius 1 is 1.50 bits per heavy atom. The number of aliphatic carboxylic acids is 1. The molecule has 2 N–H and O–H groups in total. The molecule has 0 spiro atoms. The summed E-state index contributed by atoms with van der Waals surface area (Å²) < 4.78 is 5.35. The quantitative estimate of drug-likeness (QED) is 0.381. The summed E-state index contributed by atoms with van der Waals surface area (Å²) in [6.45, 7) is 3.96. The molecule has 1 fully saturated rings. The zero-order chi connectivity index (χ0) is 15.4. The SMILES string of the molecule is CC(C)(CCCCS)C1CC(O)(CC(=O)O)CC(=O)O1. The number of aliphatic hydroxyl groups is 1. The van der Waals surface area contributed by atoms with Crippen molar-refractivity contribution in [2.24, 2.45) is 5.41 Å². The van der Waals surface area contributed by atoms with Gasteiger partial charge in [-0.05, 0) is 18.6 Å². The molecule has 0 bridgehead atoms. The first-order valence-electron chi connectivity index (χ1n) is 6.93. The fourth-order valence-corrected chi connectivity index (χ4v) is 2.86. The van der Waals surface area contributed by atoms with E-state index in [1.54, 1.807) is 0 Å². The number of ether oxygens (including phenoxy) is 1. The van der Waals surface area contributed by atoms with E-state index >= 15 is 0 Å². The van der Waals surface area contributed by atoms with Crippen LogP contribution >= 0.6 is 12.6 Å². The lowest BCUT2D eigenvalue weighted by molar-refractivity contribution is -0.184. The van der Waals surface area contributed by atoms with Crippen molar-refractivity contribution in [3.05, 3.63) is 0 Å². The first kappa shape index (κ1) is 17.3. The molecule has 1 heterocycles. The highest BCUT2D eigenvalue weighted by Crippen LogP contribution is 2.39. The molecule has 0 radical (unpaired) electrons. The van der Waals surface area contributed by atoms with Gasteiger partial charge in [0.2, 0.25) is 0 Å². The van der Waals surface area contributed by atoms with E-state index in [1.807, 2.05) is 13.8 Å². The third kappa shape index (κ3) is 4.98. The lowest BCUT2D eigenvalue weighted by atomic mass is 9.74. The van der Waals surface area contributed by atoms with Crippen LogP contribution in [0.4, 0.5) is 0 Å². The number of hydrogen-bond donors (Lipinski definition) is 3. The molecule has 2 unspecified atom stereocenters. The first-order chi connectivity index (χ1) is 9.18. The van der Waals surface area contributed by atoms with Crippen molar-refractivity contribution in [1.29, 1.82) is 0 Å². The molecule has 1 aliphatic heterocycles. The number of hydrogen-bond acceptors (Lipinski definition) is 5. The van der Waals surface area contributed by atoms with E-state index in [0.717, 1.165) is 25.0 Å². The summed E-state index contributed by atoms with van der Waals surface area (Å²) in [6.07, 6.45) is 1.84. The Morgan fingerprint density at radius 2 is 2.15 bits per heavy atom. The fraction of sp³-hybridized carbons (Fsp3) is 0.857. The van der Waals surface area contributed by atoms with Gasteiger partial charge in [0, 0.05) is 11.8 Å². The smallest absolute Gasteiger partial charge is 0.309 e. The van der Waals surface area contributed by atoms with Crippen molar-refractivity contribution < 1.29 is 24.5 Å². The summed E-state index contributed by atoms with van der Waals surface area (Å²) in [4.78, 5) is 22.5. The average Bonchev–Trinajstić information content (AvgIpc) is 2.26. The number of unbranched alkanes of at least 4 members (excludes halogenated alkanes) is 1. The Balaban J connectivity index is 2.73. The molecule has 2 atom stereocenters. The van der Waals surface area contributed by atoms with Crippen molar-refractivity contribution in [3.8, 4) is 0 Å². The highest BCUT2D eigenvalue weighted by atomic mass is 32.1. The molecule has 1 aliphatic rings. The molecule has 0 amide bonds. The lowest BCUT2D eigenvalue weighted by Crippen LogP contribution is -2.49. The molecule has 0 saturated carbocycles. The second-order valence-electron chi connectivity index (χ2n) is 6.32. The van der Waals surface area contributed by atoms with Crippen LogP contribution in [0.25, 0.3) is 0 Å². The topological polar surface area (TPSA) is 83.8 Å². The summed E-state index contributed by atoms with van der Waals surface area (Å²) in [5.74, 6) is -0.815. The van der Waals surface area contributed by atoms with Crippen LogP contribution in [0.1, 0.15) is 52.4 Å². The van der Waals surface area contributed by atoms with Crippen LogP contribution in [0.15, 0.2) is 0 Å². The summed E-state index contributed by atoms with van der Waals surface area (Å²) in [5.41, 5.74) is -1.78. The van der Waals surface area contributed by atoms with E-state index in [2.05, 4.69) is 12.6 Å². The third-order valence-electron chi connectivity index (χ3n) is 3.89. The Morgan fingerprint density at radius 3 is 2.70 bits per heavy atom.